The Morgan fingerprint density at radius 1 is 1.00 bits per heavy atom. The lowest BCUT2D eigenvalue weighted by atomic mass is 9.95. The summed E-state index contributed by atoms with van der Waals surface area (Å²) in [5.41, 5.74) is 3.61. The van der Waals surface area contributed by atoms with E-state index in [9.17, 15) is 9.59 Å². The van der Waals surface area contributed by atoms with Gasteiger partial charge in [-0.2, -0.15) is 0 Å². The Balaban J connectivity index is 1.49. The van der Waals surface area contributed by atoms with Crippen molar-refractivity contribution >= 4 is 33.8 Å². The summed E-state index contributed by atoms with van der Waals surface area (Å²) in [4.78, 5) is 27.1. The Morgan fingerprint density at radius 3 is 2.57 bits per heavy atom. The first kappa shape index (κ1) is 21.1. The number of benzene rings is 1. The molecule has 1 aromatic heterocycles. The molecule has 1 heterocycles. The Morgan fingerprint density at radius 2 is 1.77 bits per heavy atom. The summed E-state index contributed by atoms with van der Waals surface area (Å²) in [7, 11) is 0. The summed E-state index contributed by atoms with van der Waals surface area (Å²) < 4.78 is 0. The first-order chi connectivity index (χ1) is 14.6. The largest absolute Gasteiger partial charge is 0.322 e. The molecule has 2 aromatic rings. The number of amides is 2. The van der Waals surface area contributed by atoms with E-state index in [2.05, 4.69) is 16.0 Å². The Labute approximate surface area is 182 Å². The van der Waals surface area contributed by atoms with Gasteiger partial charge in [-0.3, -0.25) is 9.59 Å². The quantitative estimate of drug-likeness (QED) is 0.607. The van der Waals surface area contributed by atoms with Gasteiger partial charge in [-0.1, -0.05) is 37.5 Å². The van der Waals surface area contributed by atoms with Crippen LogP contribution < -0.4 is 16.0 Å². The fraction of sp³-hybridized carbons (Fsp3) is 0.500. The van der Waals surface area contributed by atoms with Gasteiger partial charge in [0.1, 0.15) is 5.00 Å². The lowest BCUT2D eigenvalue weighted by molar-refractivity contribution is -0.115. The highest BCUT2D eigenvalue weighted by molar-refractivity contribution is 7.17. The average molecular weight is 426 g/mol. The van der Waals surface area contributed by atoms with Crippen LogP contribution >= 0.6 is 11.3 Å². The highest BCUT2D eigenvalue weighted by Crippen LogP contribution is 2.38. The van der Waals surface area contributed by atoms with E-state index in [-0.39, 0.29) is 11.8 Å². The van der Waals surface area contributed by atoms with E-state index in [4.69, 9.17) is 0 Å². The number of hydrogen-bond donors (Lipinski definition) is 3. The molecule has 0 unspecified atom stereocenters. The lowest BCUT2D eigenvalue weighted by Crippen LogP contribution is -2.37. The van der Waals surface area contributed by atoms with Crippen molar-refractivity contribution in [2.24, 2.45) is 0 Å². The minimum Gasteiger partial charge on any atom is -0.322 e. The highest BCUT2D eigenvalue weighted by Gasteiger charge is 2.27. The number of aryl methyl sites for hydroxylation is 2. The van der Waals surface area contributed by atoms with E-state index in [1.807, 2.05) is 31.2 Å². The minimum atomic E-state index is -0.126. The first-order valence-electron chi connectivity index (χ1n) is 11.2. The SMILES string of the molecule is Cc1ccccc1NC(=O)c1c(NC(=O)CNC2CCCCC2)sc2c1CCCC2. The lowest BCUT2D eigenvalue weighted by Gasteiger charge is -2.22. The van der Waals surface area contributed by atoms with Gasteiger partial charge in [-0.25, -0.2) is 0 Å². The maximum atomic E-state index is 13.2. The molecule has 1 saturated carbocycles. The summed E-state index contributed by atoms with van der Waals surface area (Å²) in [6.07, 6.45) is 10.2. The fourth-order valence-corrected chi connectivity index (χ4v) is 5.81. The van der Waals surface area contributed by atoms with Crippen molar-refractivity contribution in [3.63, 3.8) is 0 Å². The predicted molar refractivity (Wildman–Crippen MR) is 124 cm³/mol. The highest BCUT2D eigenvalue weighted by atomic mass is 32.1. The molecule has 0 aliphatic heterocycles. The van der Waals surface area contributed by atoms with Gasteiger partial charge in [0.25, 0.3) is 5.91 Å². The smallest absolute Gasteiger partial charge is 0.258 e. The number of hydrogen-bond acceptors (Lipinski definition) is 4. The fourth-order valence-electron chi connectivity index (χ4n) is 4.51. The van der Waals surface area contributed by atoms with Gasteiger partial charge in [0, 0.05) is 16.6 Å². The molecule has 160 valence electrons. The van der Waals surface area contributed by atoms with Gasteiger partial charge in [-0.05, 0) is 62.6 Å². The molecule has 0 radical (unpaired) electrons. The molecule has 2 aliphatic carbocycles. The maximum absolute atomic E-state index is 13.2. The summed E-state index contributed by atoms with van der Waals surface area (Å²) in [5, 5.41) is 10.2. The third-order valence-corrected chi connectivity index (χ3v) is 7.41. The number of carbonyl (C=O) groups is 2. The molecule has 4 rings (SSSR count). The number of anilines is 2. The van der Waals surface area contributed by atoms with Crippen molar-refractivity contribution in [1.29, 1.82) is 0 Å². The van der Waals surface area contributed by atoms with Crippen molar-refractivity contribution < 1.29 is 9.59 Å². The van der Waals surface area contributed by atoms with Crippen LogP contribution in [-0.4, -0.2) is 24.4 Å². The van der Waals surface area contributed by atoms with Gasteiger partial charge in [0.15, 0.2) is 0 Å². The summed E-state index contributed by atoms with van der Waals surface area (Å²) in [6, 6.07) is 8.22. The third kappa shape index (κ3) is 4.93. The van der Waals surface area contributed by atoms with E-state index in [1.165, 1.54) is 24.1 Å². The van der Waals surface area contributed by atoms with Gasteiger partial charge < -0.3 is 16.0 Å². The van der Waals surface area contributed by atoms with E-state index < -0.39 is 0 Å². The normalized spacial score (nSPS) is 16.7. The maximum Gasteiger partial charge on any atom is 0.258 e. The van der Waals surface area contributed by atoms with E-state index in [1.54, 1.807) is 11.3 Å². The predicted octanol–water partition coefficient (Wildman–Crippen LogP) is 5.05. The molecule has 0 atom stereocenters. The number of nitrogens with one attached hydrogen (secondary N) is 3. The Bertz CT molecular complexity index is 915. The van der Waals surface area contributed by atoms with E-state index in [0.717, 1.165) is 55.3 Å². The van der Waals surface area contributed by atoms with Gasteiger partial charge in [0.2, 0.25) is 5.91 Å². The van der Waals surface area contributed by atoms with Crippen molar-refractivity contribution in [2.75, 3.05) is 17.2 Å². The number of carbonyl (C=O) groups excluding carboxylic acids is 2. The zero-order chi connectivity index (χ0) is 20.9. The molecule has 0 spiro atoms. The topological polar surface area (TPSA) is 70.2 Å². The molecule has 30 heavy (non-hydrogen) atoms. The van der Waals surface area contributed by atoms with Crippen LogP contribution in [-0.2, 0) is 17.6 Å². The molecular weight excluding hydrogens is 394 g/mol. The molecule has 1 fully saturated rings. The molecule has 1 aromatic carbocycles. The molecule has 2 amide bonds. The molecular formula is C24H31N3O2S. The summed E-state index contributed by atoms with van der Waals surface area (Å²) in [5.74, 6) is -0.191. The molecule has 5 nitrogen and oxygen atoms in total. The molecule has 6 heteroatoms. The zero-order valence-corrected chi connectivity index (χ0v) is 18.5. The van der Waals surface area contributed by atoms with E-state index >= 15 is 0 Å². The van der Waals surface area contributed by atoms with Crippen LogP contribution in [0.5, 0.6) is 0 Å². The molecule has 3 N–H and O–H groups in total. The Hall–Kier alpha value is -2.18. The van der Waals surface area contributed by atoms with Crippen LogP contribution in [0.15, 0.2) is 24.3 Å². The molecule has 0 bridgehead atoms. The van der Waals surface area contributed by atoms with Crippen molar-refractivity contribution in [3.8, 4) is 0 Å². The number of para-hydroxylation sites is 1. The van der Waals surface area contributed by atoms with Crippen LogP contribution in [0.2, 0.25) is 0 Å². The van der Waals surface area contributed by atoms with Gasteiger partial charge in [0.05, 0.1) is 12.1 Å². The first-order valence-corrected chi connectivity index (χ1v) is 12.0. The van der Waals surface area contributed by atoms with Crippen molar-refractivity contribution in [1.82, 2.24) is 5.32 Å². The molecule has 2 aliphatic rings. The van der Waals surface area contributed by atoms with Gasteiger partial charge in [-0.15, -0.1) is 11.3 Å². The number of rotatable bonds is 6. The third-order valence-electron chi connectivity index (χ3n) is 6.20. The van der Waals surface area contributed by atoms with Gasteiger partial charge >= 0.3 is 0 Å². The summed E-state index contributed by atoms with van der Waals surface area (Å²) in [6.45, 7) is 2.28. The second kappa shape index (κ2) is 9.75. The van der Waals surface area contributed by atoms with Crippen LogP contribution in [0.1, 0.15) is 71.3 Å². The number of thiophene rings is 1. The van der Waals surface area contributed by atoms with Crippen LogP contribution in [0.3, 0.4) is 0 Å². The Kier molecular flexibility index (Phi) is 6.85. The average Bonchev–Trinajstić information content (AvgIpc) is 3.12. The molecule has 0 saturated heterocycles. The monoisotopic (exact) mass is 425 g/mol. The minimum absolute atomic E-state index is 0.0656. The second-order valence-electron chi connectivity index (χ2n) is 8.45. The second-order valence-corrected chi connectivity index (χ2v) is 9.55. The van der Waals surface area contributed by atoms with E-state index in [0.29, 0.717) is 23.2 Å². The van der Waals surface area contributed by atoms with Crippen LogP contribution in [0.4, 0.5) is 10.7 Å². The van der Waals surface area contributed by atoms with Crippen molar-refractivity contribution in [2.45, 2.75) is 70.8 Å². The summed E-state index contributed by atoms with van der Waals surface area (Å²) >= 11 is 1.57. The standard InChI is InChI=1S/C24H31N3O2S/c1-16-9-5-7-13-19(16)26-23(29)22-18-12-6-8-14-20(18)30-24(22)27-21(28)15-25-17-10-3-2-4-11-17/h5,7,9,13,17,25H,2-4,6,8,10-12,14-15H2,1H3,(H,26,29)(H,27,28). The van der Waals surface area contributed by atoms with Crippen molar-refractivity contribution in [3.05, 3.63) is 45.8 Å². The van der Waals surface area contributed by atoms with Crippen LogP contribution in [0.25, 0.3) is 0 Å². The number of fused-ring (bicyclic) bond motifs is 1. The van der Waals surface area contributed by atoms with Crippen LogP contribution in [0, 0.1) is 6.92 Å². The zero-order valence-electron chi connectivity index (χ0n) is 17.7.